The number of hydrogen-bond donors (Lipinski definition) is 0. The number of hydrogen-bond acceptors (Lipinski definition) is 10. The number of carbonyl (C=O) groups excluding carboxylic acids is 5. The summed E-state index contributed by atoms with van der Waals surface area (Å²) in [6, 6.07) is 0. The van der Waals surface area contributed by atoms with Crippen LogP contribution in [-0.2, 0) is 41.7 Å². The van der Waals surface area contributed by atoms with Crippen LogP contribution in [0, 0.1) is 0 Å². The number of carboxylic acids is 1. The zero-order chi connectivity index (χ0) is 31.4. The van der Waals surface area contributed by atoms with Crippen LogP contribution in [0.1, 0.15) is 34.6 Å². The van der Waals surface area contributed by atoms with Crippen molar-refractivity contribution in [2.45, 2.75) is 34.6 Å². The molecule has 0 aromatic carbocycles. The third-order valence-electron chi connectivity index (χ3n) is 3.58. The quantitative estimate of drug-likeness (QED) is 0.156. The van der Waals surface area contributed by atoms with E-state index in [1.807, 2.05) is 0 Å². The summed E-state index contributed by atoms with van der Waals surface area (Å²) in [6.45, 7) is 8.72. The molecule has 0 amide bonds. The molecule has 0 aromatic heterocycles. The molecule has 0 spiro atoms. The van der Waals surface area contributed by atoms with Gasteiger partial charge in [0.1, 0.15) is 0 Å². The Labute approximate surface area is 290 Å². The molecular weight excluding hydrogens is 588 g/mol. The number of aliphatic carboxylic acids is 1. The molecule has 0 saturated carbocycles. The topological polar surface area (TPSA) is 145 Å². The van der Waals surface area contributed by atoms with Crippen LogP contribution in [0.15, 0.2) is 122 Å². The largest absolute Gasteiger partial charge is 1.00 e. The zero-order valence-electron chi connectivity index (χ0n) is 24.6. The third-order valence-corrected chi connectivity index (χ3v) is 5.39. The van der Waals surface area contributed by atoms with Crippen LogP contribution >= 0.6 is 0 Å². The number of carboxylic acid groups (broad SMARTS) is 1. The van der Waals surface area contributed by atoms with Gasteiger partial charge in [-0.05, 0) is 40.7 Å². The minimum absolute atomic E-state index is 0. The van der Waals surface area contributed by atoms with Crippen molar-refractivity contribution in [1.29, 1.82) is 0 Å². The molecule has 0 N–H and O–H groups in total. The van der Waals surface area contributed by atoms with Gasteiger partial charge in [0.2, 0.25) is 0 Å². The van der Waals surface area contributed by atoms with Crippen molar-refractivity contribution in [1.82, 2.24) is 0 Å². The Morgan fingerprint density at radius 3 is 0.833 bits per heavy atom. The van der Waals surface area contributed by atoms with Crippen LogP contribution < -0.4 is 56.5 Å². The SMILES string of the molecule is C/C=C/C=C/C(=O)O[Si](OC(=O)/C=C/C=C/C)(OC(=O)/C=C/C=C/C)OC(=O)/C=C/C=C/C.C/C=C/C=C/C(=O)[O-].[K+]. The van der Waals surface area contributed by atoms with Gasteiger partial charge in [-0.1, -0.05) is 91.1 Å². The van der Waals surface area contributed by atoms with Crippen molar-refractivity contribution in [2.24, 2.45) is 0 Å². The second-order valence-electron chi connectivity index (χ2n) is 6.93. The maximum Gasteiger partial charge on any atom is 1.00 e. The van der Waals surface area contributed by atoms with E-state index < -0.39 is 38.9 Å². The molecule has 0 aliphatic rings. The van der Waals surface area contributed by atoms with E-state index in [9.17, 15) is 29.1 Å². The molecule has 0 radical (unpaired) electrons. The summed E-state index contributed by atoms with van der Waals surface area (Å²) in [4.78, 5) is 58.8. The molecule has 0 aromatic rings. The van der Waals surface area contributed by atoms with Gasteiger partial charge in [0.25, 0.3) is 0 Å². The molecule has 220 valence electrons. The Hall–Kier alpha value is -3.40. The van der Waals surface area contributed by atoms with E-state index in [-0.39, 0.29) is 51.4 Å². The first-order chi connectivity index (χ1) is 19.6. The first-order valence-electron chi connectivity index (χ1n) is 12.2. The van der Waals surface area contributed by atoms with Crippen LogP contribution in [0.4, 0.5) is 0 Å². The van der Waals surface area contributed by atoms with E-state index in [2.05, 4.69) is 0 Å². The molecular formula is C30H35KO10Si. The van der Waals surface area contributed by atoms with Gasteiger partial charge in [-0.2, -0.15) is 0 Å². The van der Waals surface area contributed by atoms with Gasteiger partial charge in [0.05, 0.1) is 5.97 Å². The molecule has 0 aliphatic carbocycles. The second kappa shape index (κ2) is 29.1. The Kier molecular flexibility index (Phi) is 29.8. The van der Waals surface area contributed by atoms with E-state index in [1.165, 1.54) is 54.7 Å². The fourth-order valence-electron chi connectivity index (χ4n) is 1.98. The van der Waals surface area contributed by atoms with Gasteiger partial charge in [-0.25, -0.2) is 19.2 Å². The standard InChI is InChI=1S/C24H28O8Si.C6H8O2.K/c1-5-9-13-17-21(25)29-33(30-22(26)18-14-10-6-2,31-23(27)19-15-11-7-3)32-24(28)20-16-12-8-4;1-2-3-4-5-6(7)8;/h5-20H,1-4H3;2-5H,1H3,(H,7,8);/q;;+1/p-1/b9-5+,10-6+,11-7+,12-8+,17-13+,18-14+,19-15+,20-16+;3-2+,5-4+;. The Bertz CT molecular complexity index is 1000. The summed E-state index contributed by atoms with van der Waals surface area (Å²) in [6.07, 6.45) is 27.8. The van der Waals surface area contributed by atoms with Gasteiger partial charge in [-0.15, -0.1) is 0 Å². The maximum absolute atomic E-state index is 12.3. The summed E-state index contributed by atoms with van der Waals surface area (Å²) in [7, 11) is -4.99. The summed E-state index contributed by atoms with van der Waals surface area (Å²) in [5, 5.41) is 9.64. The van der Waals surface area contributed by atoms with E-state index in [1.54, 1.807) is 71.1 Å². The van der Waals surface area contributed by atoms with Crippen molar-refractivity contribution >= 4 is 38.9 Å². The van der Waals surface area contributed by atoms with E-state index >= 15 is 0 Å². The molecule has 0 heterocycles. The fourth-order valence-corrected chi connectivity index (χ4v) is 3.49. The number of allylic oxidation sites excluding steroid dienone is 15. The first kappa shape index (κ1) is 43.1. The molecule has 42 heavy (non-hydrogen) atoms. The molecule has 0 fully saturated rings. The summed E-state index contributed by atoms with van der Waals surface area (Å²) in [5.41, 5.74) is 0. The summed E-state index contributed by atoms with van der Waals surface area (Å²) in [5.74, 6) is -5.38. The molecule has 0 saturated heterocycles. The van der Waals surface area contributed by atoms with Crippen molar-refractivity contribution < 1.29 is 98.2 Å². The predicted molar refractivity (Wildman–Crippen MR) is 155 cm³/mol. The monoisotopic (exact) mass is 622 g/mol. The van der Waals surface area contributed by atoms with Crippen LogP contribution in [0.25, 0.3) is 0 Å². The molecule has 0 unspecified atom stereocenters. The summed E-state index contributed by atoms with van der Waals surface area (Å²) < 4.78 is 20.4. The van der Waals surface area contributed by atoms with Crippen molar-refractivity contribution in [3.8, 4) is 0 Å². The third kappa shape index (κ3) is 26.8. The zero-order valence-corrected chi connectivity index (χ0v) is 28.8. The average molecular weight is 623 g/mol. The van der Waals surface area contributed by atoms with Crippen LogP contribution in [0.5, 0.6) is 0 Å². The Morgan fingerprint density at radius 2 is 0.643 bits per heavy atom. The normalized spacial score (nSPS) is 12.3. The molecule has 0 rings (SSSR count). The fraction of sp³-hybridized carbons (Fsp3) is 0.167. The van der Waals surface area contributed by atoms with Crippen LogP contribution in [0.3, 0.4) is 0 Å². The Morgan fingerprint density at radius 1 is 0.429 bits per heavy atom. The smallest absolute Gasteiger partial charge is 0.545 e. The van der Waals surface area contributed by atoms with Gasteiger partial charge < -0.3 is 27.6 Å². The van der Waals surface area contributed by atoms with Gasteiger partial charge in [0, 0.05) is 24.3 Å². The minimum Gasteiger partial charge on any atom is -0.545 e. The molecule has 0 atom stereocenters. The first-order valence-corrected chi connectivity index (χ1v) is 13.8. The van der Waals surface area contributed by atoms with Gasteiger partial charge in [0.15, 0.2) is 0 Å². The Balaban J connectivity index is -0.00000147. The maximum atomic E-state index is 12.3. The van der Waals surface area contributed by atoms with E-state index in [4.69, 9.17) is 17.7 Å². The van der Waals surface area contributed by atoms with Gasteiger partial charge in [-0.3, -0.25) is 0 Å². The molecule has 0 aliphatic heterocycles. The average Bonchev–Trinajstić information content (AvgIpc) is 2.89. The molecule has 0 bridgehead atoms. The van der Waals surface area contributed by atoms with E-state index in [0.717, 1.165) is 30.4 Å². The predicted octanol–water partition coefficient (Wildman–Crippen LogP) is 0.997. The number of carbonyl (C=O) groups is 5. The van der Waals surface area contributed by atoms with Crippen molar-refractivity contribution in [2.75, 3.05) is 0 Å². The van der Waals surface area contributed by atoms with Crippen molar-refractivity contribution in [3.05, 3.63) is 122 Å². The van der Waals surface area contributed by atoms with Crippen LogP contribution in [0.2, 0.25) is 0 Å². The van der Waals surface area contributed by atoms with Crippen molar-refractivity contribution in [3.63, 3.8) is 0 Å². The molecule has 10 nitrogen and oxygen atoms in total. The van der Waals surface area contributed by atoms with Gasteiger partial charge >= 0.3 is 84.3 Å². The minimum atomic E-state index is -4.99. The molecule has 12 heteroatoms. The summed E-state index contributed by atoms with van der Waals surface area (Å²) >= 11 is 0. The van der Waals surface area contributed by atoms with E-state index in [0.29, 0.717) is 0 Å². The second-order valence-corrected chi connectivity index (χ2v) is 8.74. The number of rotatable bonds is 14. The van der Waals surface area contributed by atoms with Crippen LogP contribution in [-0.4, -0.2) is 38.9 Å².